The topological polar surface area (TPSA) is 78.9 Å². The molecule has 2 atom stereocenters. The van der Waals surface area contributed by atoms with E-state index in [0.717, 1.165) is 69.6 Å². The van der Waals surface area contributed by atoms with Crippen molar-refractivity contribution < 1.29 is 28.6 Å². The van der Waals surface area contributed by atoms with E-state index in [0.29, 0.717) is 19.3 Å². The molecule has 0 amide bonds. The molecule has 0 aromatic carbocycles. The van der Waals surface area contributed by atoms with Crippen LogP contribution in [0, 0.1) is 11.8 Å². The van der Waals surface area contributed by atoms with Crippen LogP contribution < -0.4 is 0 Å². The highest BCUT2D eigenvalue weighted by Crippen LogP contribution is 2.19. The quantitative estimate of drug-likeness (QED) is 0.0343. The van der Waals surface area contributed by atoms with E-state index >= 15 is 0 Å². The molecule has 0 aliphatic heterocycles. The van der Waals surface area contributed by atoms with Crippen LogP contribution in [-0.4, -0.2) is 37.2 Å². The van der Waals surface area contributed by atoms with Crippen molar-refractivity contribution in [3.05, 3.63) is 0 Å². The number of hydrogen-bond donors (Lipinski definition) is 0. The summed E-state index contributed by atoms with van der Waals surface area (Å²) in [5, 5.41) is 0. The Kier molecular flexibility index (Phi) is 51.5. The van der Waals surface area contributed by atoms with Gasteiger partial charge in [0.1, 0.15) is 13.2 Å². The second-order valence-corrected chi connectivity index (χ2v) is 21.4. The molecular weight excluding hydrogens is 817 g/mol. The lowest BCUT2D eigenvalue weighted by molar-refractivity contribution is -0.167. The first kappa shape index (κ1) is 64.4. The van der Waals surface area contributed by atoms with E-state index in [-0.39, 0.29) is 31.1 Å². The van der Waals surface area contributed by atoms with Crippen molar-refractivity contribution in [1.82, 2.24) is 0 Å². The second-order valence-electron chi connectivity index (χ2n) is 21.4. The van der Waals surface area contributed by atoms with E-state index in [1.165, 1.54) is 225 Å². The zero-order chi connectivity index (χ0) is 48.2. The maximum atomic E-state index is 12.8. The molecule has 0 N–H and O–H groups in total. The summed E-state index contributed by atoms with van der Waals surface area (Å²) in [6, 6.07) is 0. The van der Waals surface area contributed by atoms with Crippen LogP contribution in [0.15, 0.2) is 0 Å². The van der Waals surface area contributed by atoms with Crippen molar-refractivity contribution in [2.24, 2.45) is 11.8 Å². The molecule has 0 heterocycles. The third kappa shape index (κ3) is 51.8. The average Bonchev–Trinajstić information content (AvgIpc) is 3.30. The number of carbonyl (C=O) groups is 3. The molecule has 0 rings (SSSR count). The van der Waals surface area contributed by atoms with Crippen LogP contribution in [0.3, 0.4) is 0 Å². The predicted octanol–water partition coefficient (Wildman–Crippen LogP) is 19.7. The van der Waals surface area contributed by atoms with Gasteiger partial charge in [-0.05, 0) is 31.1 Å². The van der Waals surface area contributed by atoms with Gasteiger partial charge in [-0.1, -0.05) is 298 Å². The lowest BCUT2D eigenvalue weighted by Crippen LogP contribution is -2.30. The highest BCUT2D eigenvalue weighted by Gasteiger charge is 2.19. The molecular formula is C60H116O6. The Labute approximate surface area is 412 Å². The van der Waals surface area contributed by atoms with Gasteiger partial charge in [0.25, 0.3) is 0 Å². The van der Waals surface area contributed by atoms with Crippen LogP contribution in [0.2, 0.25) is 0 Å². The number of carbonyl (C=O) groups excluding carboxylic acids is 3. The van der Waals surface area contributed by atoms with Gasteiger partial charge in [0.15, 0.2) is 6.10 Å². The van der Waals surface area contributed by atoms with Crippen LogP contribution in [-0.2, 0) is 28.6 Å². The largest absolute Gasteiger partial charge is 0.462 e. The van der Waals surface area contributed by atoms with Gasteiger partial charge in [0.2, 0.25) is 0 Å². The fourth-order valence-electron chi connectivity index (χ4n) is 9.20. The first-order chi connectivity index (χ1) is 32.3. The molecule has 0 bridgehead atoms. The molecule has 0 aliphatic rings. The third-order valence-corrected chi connectivity index (χ3v) is 14.1. The lowest BCUT2D eigenvalue weighted by atomic mass is 9.99. The molecule has 0 aromatic rings. The summed E-state index contributed by atoms with van der Waals surface area (Å²) >= 11 is 0. The standard InChI is InChI=1S/C60H116O6/c1-6-8-9-10-11-12-13-14-19-24-27-30-37-42-47-52-60(63)66-57(54-65-59(62)51-46-41-36-32-31-34-39-44-49-56(5)7-2)53-64-58(61)50-45-40-35-29-26-23-21-18-16-15-17-20-22-25-28-33-38-43-48-55(3)4/h55-57H,6-54H2,1-5H3/t56?,57-/m1/s1. The number of hydrogen-bond acceptors (Lipinski definition) is 6. The Morgan fingerprint density at radius 1 is 0.318 bits per heavy atom. The van der Waals surface area contributed by atoms with Gasteiger partial charge in [-0.15, -0.1) is 0 Å². The lowest BCUT2D eigenvalue weighted by Gasteiger charge is -2.18. The van der Waals surface area contributed by atoms with Gasteiger partial charge in [-0.2, -0.15) is 0 Å². The number of unbranched alkanes of at least 4 members (excludes halogenated alkanes) is 38. The van der Waals surface area contributed by atoms with E-state index in [4.69, 9.17) is 14.2 Å². The molecule has 0 spiro atoms. The molecule has 392 valence electrons. The molecule has 0 saturated heterocycles. The molecule has 0 fully saturated rings. The zero-order valence-electron chi connectivity index (χ0n) is 45.3. The van der Waals surface area contributed by atoms with Gasteiger partial charge in [0.05, 0.1) is 0 Å². The molecule has 66 heavy (non-hydrogen) atoms. The van der Waals surface area contributed by atoms with Gasteiger partial charge < -0.3 is 14.2 Å². The van der Waals surface area contributed by atoms with Crippen molar-refractivity contribution in [1.29, 1.82) is 0 Å². The third-order valence-electron chi connectivity index (χ3n) is 14.1. The SMILES string of the molecule is CCCCCCCCCCCCCCCCCC(=O)O[C@H](COC(=O)CCCCCCCCCCCCCCCCCCCCC(C)C)COC(=O)CCCCCCCCCCC(C)CC. The van der Waals surface area contributed by atoms with Crippen molar-refractivity contribution >= 4 is 17.9 Å². The molecule has 6 heteroatoms. The first-order valence-electron chi connectivity index (χ1n) is 29.8. The second kappa shape index (κ2) is 52.8. The Bertz CT molecular complexity index is 1010. The van der Waals surface area contributed by atoms with E-state index in [1.54, 1.807) is 0 Å². The Hall–Kier alpha value is -1.59. The minimum Gasteiger partial charge on any atom is -0.462 e. The van der Waals surface area contributed by atoms with Crippen LogP contribution in [0.25, 0.3) is 0 Å². The van der Waals surface area contributed by atoms with Crippen molar-refractivity contribution in [2.45, 2.75) is 343 Å². The highest BCUT2D eigenvalue weighted by molar-refractivity contribution is 5.71. The van der Waals surface area contributed by atoms with Crippen LogP contribution in [0.4, 0.5) is 0 Å². The van der Waals surface area contributed by atoms with Gasteiger partial charge in [-0.3, -0.25) is 14.4 Å². The van der Waals surface area contributed by atoms with Crippen LogP contribution in [0.5, 0.6) is 0 Å². The van der Waals surface area contributed by atoms with Gasteiger partial charge in [0, 0.05) is 19.3 Å². The zero-order valence-corrected chi connectivity index (χ0v) is 45.3. The smallest absolute Gasteiger partial charge is 0.306 e. The van der Waals surface area contributed by atoms with Gasteiger partial charge >= 0.3 is 17.9 Å². The Morgan fingerprint density at radius 3 is 0.864 bits per heavy atom. The summed E-state index contributed by atoms with van der Waals surface area (Å²) in [5.41, 5.74) is 0. The Morgan fingerprint density at radius 2 is 0.576 bits per heavy atom. The molecule has 6 nitrogen and oxygen atoms in total. The molecule has 0 aliphatic carbocycles. The minimum atomic E-state index is -0.763. The summed E-state index contributed by atoms with van der Waals surface area (Å²) in [6.07, 6.45) is 56.7. The summed E-state index contributed by atoms with van der Waals surface area (Å²) in [7, 11) is 0. The monoisotopic (exact) mass is 933 g/mol. The fraction of sp³-hybridized carbons (Fsp3) is 0.950. The Balaban J connectivity index is 4.24. The minimum absolute atomic E-state index is 0.0628. The van der Waals surface area contributed by atoms with Gasteiger partial charge in [-0.25, -0.2) is 0 Å². The normalized spacial score (nSPS) is 12.5. The van der Waals surface area contributed by atoms with Crippen molar-refractivity contribution in [2.75, 3.05) is 13.2 Å². The van der Waals surface area contributed by atoms with Crippen molar-refractivity contribution in [3.63, 3.8) is 0 Å². The summed E-state index contributed by atoms with van der Waals surface area (Å²) in [6.45, 7) is 11.4. The summed E-state index contributed by atoms with van der Waals surface area (Å²) in [5.74, 6) is 0.868. The molecule has 0 saturated carbocycles. The summed E-state index contributed by atoms with van der Waals surface area (Å²) < 4.78 is 16.9. The fourth-order valence-corrected chi connectivity index (χ4v) is 9.20. The maximum Gasteiger partial charge on any atom is 0.306 e. The average molecular weight is 934 g/mol. The molecule has 0 aromatic heterocycles. The van der Waals surface area contributed by atoms with E-state index < -0.39 is 6.10 Å². The predicted molar refractivity (Wildman–Crippen MR) is 284 cm³/mol. The van der Waals surface area contributed by atoms with E-state index in [1.807, 2.05) is 0 Å². The molecule has 0 radical (unpaired) electrons. The molecule has 1 unspecified atom stereocenters. The van der Waals surface area contributed by atoms with E-state index in [2.05, 4.69) is 34.6 Å². The number of esters is 3. The van der Waals surface area contributed by atoms with Crippen molar-refractivity contribution in [3.8, 4) is 0 Å². The van der Waals surface area contributed by atoms with Crippen LogP contribution in [0.1, 0.15) is 336 Å². The maximum absolute atomic E-state index is 12.8. The summed E-state index contributed by atoms with van der Waals surface area (Å²) in [4.78, 5) is 38.1. The highest BCUT2D eigenvalue weighted by atomic mass is 16.6. The number of rotatable bonds is 54. The van der Waals surface area contributed by atoms with Crippen LogP contribution >= 0.6 is 0 Å². The van der Waals surface area contributed by atoms with E-state index in [9.17, 15) is 14.4 Å². The first-order valence-corrected chi connectivity index (χ1v) is 29.8. The number of ether oxygens (including phenoxy) is 3.